The first kappa shape index (κ1) is 12.5. The van der Waals surface area contributed by atoms with Gasteiger partial charge in [-0.1, -0.05) is 17.7 Å². The maximum absolute atomic E-state index is 10.8. The minimum atomic E-state index is -0.329. The summed E-state index contributed by atoms with van der Waals surface area (Å²) in [6.07, 6.45) is 0. The third-order valence-electron chi connectivity index (χ3n) is 1.99. The van der Waals surface area contributed by atoms with Gasteiger partial charge in [-0.2, -0.15) is 5.26 Å². The van der Waals surface area contributed by atoms with Crippen LogP contribution >= 0.6 is 11.6 Å². The molecular formula is C11H11ClN2O2. The Hall–Kier alpha value is -1.57. The summed E-state index contributed by atoms with van der Waals surface area (Å²) < 4.78 is 4.48. The fourth-order valence-corrected chi connectivity index (χ4v) is 1.38. The highest BCUT2D eigenvalue weighted by Gasteiger charge is 2.03. The van der Waals surface area contributed by atoms with Crippen LogP contribution < -0.4 is 5.32 Å². The van der Waals surface area contributed by atoms with E-state index in [0.29, 0.717) is 17.1 Å². The van der Waals surface area contributed by atoms with Crippen LogP contribution in [-0.4, -0.2) is 19.6 Å². The Labute approximate surface area is 98.8 Å². The van der Waals surface area contributed by atoms with E-state index < -0.39 is 0 Å². The van der Waals surface area contributed by atoms with Crippen molar-refractivity contribution in [2.75, 3.05) is 13.7 Å². The molecule has 1 rings (SSSR count). The van der Waals surface area contributed by atoms with Gasteiger partial charge in [0.1, 0.15) is 0 Å². The molecule has 0 atom stereocenters. The standard InChI is InChI=1S/C11H11ClN2O2/c1-16-11(15)7-14-6-9-3-2-8(5-13)4-10(9)12/h2-4,14H,6-7H2,1H3. The van der Waals surface area contributed by atoms with E-state index in [1.54, 1.807) is 18.2 Å². The molecule has 84 valence electrons. The minimum Gasteiger partial charge on any atom is -0.468 e. The maximum atomic E-state index is 10.8. The van der Waals surface area contributed by atoms with E-state index >= 15 is 0 Å². The molecule has 0 aliphatic heterocycles. The summed E-state index contributed by atoms with van der Waals surface area (Å²) in [6, 6.07) is 7.03. The lowest BCUT2D eigenvalue weighted by Gasteiger charge is -2.05. The Balaban J connectivity index is 2.55. The minimum absolute atomic E-state index is 0.132. The van der Waals surface area contributed by atoms with Crippen LogP contribution in [0.15, 0.2) is 18.2 Å². The Morgan fingerprint density at radius 2 is 2.38 bits per heavy atom. The SMILES string of the molecule is COC(=O)CNCc1ccc(C#N)cc1Cl. The lowest BCUT2D eigenvalue weighted by Crippen LogP contribution is -2.23. The van der Waals surface area contributed by atoms with Crippen LogP contribution in [0, 0.1) is 11.3 Å². The zero-order valence-electron chi connectivity index (χ0n) is 8.79. The van der Waals surface area contributed by atoms with Gasteiger partial charge in [0.15, 0.2) is 0 Å². The van der Waals surface area contributed by atoms with Crippen LogP contribution in [-0.2, 0) is 16.1 Å². The van der Waals surface area contributed by atoms with E-state index in [0.717, 1.165) is 5.56 Å². The van der Waals surface area contributed by atoms with Crippen molar-refractivity contribution < 1.29 is 9.53 Å². The molecule has 1 aromatic rings. The number of nitrogens with zero attached hydrogens (tertiary/aromatic N) is 1. The second-order valence-electron chi connectivity index (χ2n) is 3.10. The van der Waals surface area contributed by atoms with Crippen LogP contribution in [0.25, 0.3) is 0 Å². The number of nitrogens with one attached hydrogen (secondary N) is 1. The zero-order chi connectivity index (χ0) is 12.0. The summed E-state index contributed by atoms with van der Waals surface area (Å²) in [4.78, 5) is 10.8. The number of hydrogen-bond donors (Lipinski definition) is 1. The van der Waals surface area contributed by atoms with Crippen molar-refractivity contribution in [1.82, 2.24) is 5.32 Å². The fraction of sp³-hybridized carbons (Fsp3) is 0.273. The predicted molar refractivity (Wildman–Crippen MR) is 59.9 cm³/mol. The van der Waals surface area contributed by atoms with Gasteiger partial charge in [-0.15, -0.1) is 0 Å². The van der Waals surface area contributed by atoms with E-state index in [2.05, 4.69) is 10.1 Å². The van der Waals surface area contributed by atoms with Gasteiger partial charge in [0.25, 0.3) is 0 Å². The molecule has 0 radical (unpaired) electrons. The molecule has 5 heteroatoms. The largest absolute Gasteiger partial charge is 0.468 e. The molecule has 0 fully saturated rings. The maximum Gasteiger partial charge on any atom is 0.319 e. The third-order valence-corrected chi connectivity index (χ3v) is 2.35. The number of carbonyl (C=O) groups is 1. The first-order valence-electron chi connectivity index (χ1n) is 4.63. The first-order chi connectivity index (χ1) is 7.67. The van der Waals surface area contributed by atoms with Gasteiger partial charge in [0, 0.05) is 11.6 Å². The Morgan fingerprint density at radius 3 is 2.94 bits per heavy atom. The molecule has 0 aliphatic carbocycles. The van der Waals surface area contributed by atoms with Crippen LogP contribution in [0.2, 0.25) is 5.02 Å². The molecule has 0 saturated heterocycles. The zero-order valence-corrected chi connectivity index (χ0v) is 9.54. The van der Waals surface area contributed by atoms with Crippen molar-refractivity contribution in [2.45, 2.75) is 6.54 Å². The van der Waals surface area contributed by atoms with Crippen molar-refractivity contribution in [2.24, 2.45) is 0 Å². The average molecular weight is 239 g/mol. The quantitative estimate of drug-likeness (QED) is 0.807. The van der Waals surface area contributed by atoms with Gasteiger partial charge in [0.05, 0.1) is 25.3 Å². The van der Waals surface area contributed by atoms with Gasteiger partial charge in [-0.3, -0.25) is 4.79 Å². The van der Waals surface area contributed by atoms with E-state index in [1.165, 1.54) is 7.11 Å². The van der Waals surface area contributed by atoms with Gasteiger partial charge in [0.2, 0.25) is 0 Å². The highest BCUT2D eigenvalue weighted by atomic mass is 35.5. The molecule has 0 heterocycles. The number of rotatable bonds is 4. The molecule has 0 aliphatic rings. The van der Waals surface area contributed by atoms with Gasteiger partial charge in [-0.05, 0) is 17.7 Å². The van der Waals surface area contributed by atoms with Crippen LogP contribution in [0.1, 0.15) is 11.1 Å². The molecule has 0 saturated carbocycles. The third kappa shape index (κ3) is 3.54. The number of esters is 1. The number of methoxy groups -OCH3 is 1. The van der Waals surface area contributed by atoms with E-state index in [9.17, 15) is 4.79 Å². The smallest absolute Gasteiger partial charge is 0.319 e. The molecule has 0 aromatic heterocycles. The number of benzene rings is 1. The van der Waals surface area contributed by atoms with E-state index in [-0.39, 0.29) is 12.5 Å². The summed E-state index contributed by atoms with van der Waals surface area (Å²) in [5, 5.41) is 12.0. The second kappa shape index (κ2) is 6.11. The number of hydrogen-bond acceptors (Lipinski definition) is 4. The summed E-state index contributed by atoms with van der Waals surface area (Å²) in [5.74, 6) is -0.329. The number of nitriles is 1. The number of halogens is 1. The molecule has 1 aromatic carbocycles. The van der Waals surface area contributed by atoms with Crippen molar-refractivity contribution in [3.05, 3.63) is 34.3 Å². The molecule has 0 spiro atoms. The van der Waals surface area contributed by atoms with Crippen LogP contribution in [0.5, 0.6) is 0 Å². The molecule has 0 amide bonds. The predicted octanol–water partition coefficient (Wildman–Crippen LogP) is 1.47. The van der Waals surface area contributed by atoms with Gasteiger partial charge < -0.3 is 10.1 Å². The summed E-state index contributed by atoms with van der Waals surface area (Å²) >= 11 is 5.95. The summed E-state index contributed by atoms with van der Waals surface area (Å²) in [6.45, 7) is 0.590. The highest BCUT2D eigenvalue weighted by Crippen LogP contribution is 2.17. The molecule has 0 bridgehead atoms. The Bertz CT molecular complexity index is 426. The van der Waals surface area contributed by atoms with Crippen molar-refractivity contribution in [3.63, 3.8) is 0 Å². The molecule has 0 unspecified atom stereocenters. The molecule has 4 nitrogen and oxygen atoms in total. The topological polar surface area (TPSA) is 62.1 Å². The van der Waals surface area contributed by atoms with Crippen molar-refractivity contribution >= 4 is 17.6 Å². The lowest BCUT2D eigenvalue weighted by atomic mass is 10.1. The monoisotopic (exact) mass is 238 g/mol. The normalized spacial score (nSPS) is 9.56. The van der Waals surface area contributed by atoms with Crippen LogP contribution in [0.3, 0.4) is 0 Å². The first-order valence-corrected chi connectivity index (χ1v) is 5.01. The Morgan fingerprint density at radius 1 is 1.62 bits per heavy atom. The van der Waals surface area contributed by atoms with Gasteiger partial charge in [-0.25, -0.2) is 0 Å². The van der Waals surface area contributed by atoms with Crippen LogP contribution in [0.4, 0.5) is 0 Å². The fourth-order valence-electron chi connectivity index (χ4n) is 1.13. The highest BCUT2D eigenvalue weighted by molar-refractivity contribution is 6.31. The summed E-state index contributed by atoms with van der Waals surface area (Å²) in [7, 11) is 1.33. The van der Waals surface area contributed by atoms with Crippen molar-refractivity contribution in [3.8, 4) is 6.07 Å². The second-order valence-corrected chi connectivity index (χ2v) is 3.50. The molecule has 1 N–H and O–H groups in total. The average Bonchev–Trinajstić information content (AvgIpc) is 2.30. The molecule has 16 heavy (non-hydrogen) atoms. The molecular weight excluding hydrogens is 228 g/mol. The van der Waals surface area contributed by atoms with Crippen molar-refractivity contribution in [1.29, 1.82) is 5.26 Å². The number of ether oxygens (including phenoxy) is 1. The Kier molecular flexibility index (Phi) is 4.77. The lowest BCUT2D eigenvalue weighted by molar-refractivity contribution is -0.139. The van der Waals surface area contributed by atoms with Gasteiger partial charge >= 0.3 is 5.97 Å². The van der Waals surface area contributed by atoms with E-state index in [4.69, 9.17) is 16.9 Å². The summed E-state index contributed by atoms with van der Waals surface area (Å²) in [5.41, 5.74) is 1.35. The number of carbonyl (C=O) groups excluding carboxylic acids is 1. The van der Waals surface area contributed by atoms with E-state index in [1.807, 2.05) is 6.07 Å².